The van der Waals surface area contributed by atoms with Gasteiger partial charge in [-0.2, -0.15) is 0 Å². The van der Waals surface area contributed by atoms with Gasteiger partial charge in [0.05, 0.1) is 4.92 Å². The lowest BCUT2D eigenvalue weighted by Crippen LogP contribution is -1.93. The lowest BCUT2D eigenvalue weighted by molar-refractivity contribution is -0.385. The number of hydrogen-bond donors (Lipinski definition) is 0. The van der Waals surface area contributed by atoms with E-state index in [1.54, 1.807) is 19.2 Å². The van der Waals surface area contributed by atoms with Gasteiger partial charge in [0.15, 0.2) is 0 Å². The van der Waals surface area contributed by atoms with Crippen molar-refractivity contribution in [2.24, 2.45) is 7.05 Å². The van der Waals surface area contributed by atoms with Gasteiger partial charge in [-0.15, -0.1) is 5.10 Å². The molecule has 1 aromatic carbocycles. The first-order chi connectivity index (χ1) is 8.88. The van der Waals surface area contributed by atoms with Crippen LogP contribution in [0.5, 0.6) is 11.6 Å². The number of benzene rings is 1. The molecule has 0 bridgehead atoms. The minimum absolute atomic E-state index is 0.00591. The SMILES string of the molecule is Cc1cc(Oc2nn(C)cc2[N+](=O)[O-])cc(C)c1Br. The summed E-state index contributed by atoms with van der Waals surface area (Å²) >= 11 is 3.46. The molecule has 1 aromatic heterocycles. The van der Waals surface area contributed by atoms with Crippen LogP contribution in [0.2, 0.25) is 0 Å². The number of halogens is 1. The highest BCUT2D eigenvalue weighted by molar-refractivity contribution is 9.10. The number of aryl methyl sites for hydroxylation is 3. The first-order valence-electron chi connectivity index (χ1n) is 5.51. The van der Waals surface area contributed by atoms with E-state index in [4.69, 9.17) is 4.74 Å². The van der Waals surface area contributed by atoms with Crippen LogP contribution in [-0.2, 0) is 7.05 Å². The molecule has 0 unspecified atom stereocenters. The van der Waals surface area contributed by atoms with Crippen LogP contribution >= 0.6 is 15.9 Å². The van der Waals surface area contributed by atoms with Crippen molar-refractivity contribution in [1.82, 2.24) is 9.78 Å². The molecule has 0 saturated carbocycles. The van der Waals surface area contributed by atoms with E-state index in [1.165, 1.54) is 10.9 Å². The maximum Gasteiger partial charge on any atom is 0.350 e. The maximum absolute atomic E-state index is 10.9. The van der Waals surface area contributed by atoms with E-state index >= 15 is 0 Å². The summed E-state index contributed by atoms with van der Waals surface area (Å²) in [5, 5.41) is 14.8. The van der Waals surface area contributed by atoms with Crippen molar-refractivity contribution in [2.45, 2.75) is 13.8 Å². The van der Waals surface area contributed by atoms with Crippen molar-refractivity contribution in [2.75, 3.05) is 0 Å². The molecule has 0 aliphatic heterocycles. The summed E-state index contributed by atoms with van der Waals surface area (Å²) in [4.78, 5) is 10.4. The topological polar surface area (TPSA) is 70.2 Å². The average Bonchev–Trinajstić information content (AvgIpc) is 2.67. The van der Waals surface area contributed by atoms with Crippen LogP contribution < -0.4 is 4.74 Å². The molecule has 100 valence electrons. The molecular weight excluding hydrogens is 314 g/mol. The lowest BCUT2D eigenvalue weighted by atomic mass is 10.1. The van der Waals surface area contributed by atoms with Gasteiger partial charge >= 0.3 is 11.6 Å². The molecule has 0 amide bonds. The fraction of sp³-hybridized carbons (Fsp3) is 0.250. The highest BCUT2D eigenvalue weighted by Gasteiger charge is 2.21. The molecule has 0 atom stereocenters. The molecule has 6 nitrogen and oxygen atoms in total. The van der Waals surface area contributed by atoms with Gasteiger partial charge in [-0.3, -0.25) is 14.8 Å². The van der Waals surface area contributed by atoms with Gasteiger partial charge in [-0.05, 0) is 37.1 Å². The number of aromatic nitrogens is 2. The zero-order valence-corrected chi connectivity index (χ0v) is 12.3. The third-order valence-electron chi connectivity index (χ3n) is 2.60. The number of nitro groups is 1. The van der Waals surface area contributed by atoms with Crippen molar-refractivity contribution in [1.29, 1.82) is 0 Å². The number of nitrogens with zero attached hydrogens (tertiary/aromatic N) is 3. The van der Waals surface area contributed by atoms with Crippen LogP contribution in [0.3, 0.4) is 0 Å². The molecule has 0 N–H and O–H groups in total. The van der Waals surface area contributed by atoms with Crippen molar-refractivity contribution in [3.05, 3.63) is 44.0 Å². The zero-order chi connectivity index (χ0) is 14.2. The third-order valence-corrected chi connectivity index (χ3v) is 3.85. The highest BCUT2D eigenvalue weighted by atomic mass is 79.9. The second-order valence-corrected chi connectivity index (χ2v) is 5.02. The van der Waals surface area contributed by atoms with Gasteiger partial charge in [0, 0.05) is 11.5 Å². The van der Waals surface area contributed by atoms with E-state index < -0.39 is 4.92 Å². The monoisotopic (exact) mass is 325 g/mol. The Hall–Kier alpha value is -1.89. The van der Waals surface area contributed by atoms with Crippen LogP contribution in [-0.4, -0.2) is 14.7 Å². The molecule has 19 heavy (non-hydrogen) atoms. The highest BCUT2D eigenvalue weighted by Crippen LogP contribution is 2.32. The molecule has 1 heterocycles. The summed E-state index contributed by atoms with van der Waals surface area (Å²) in [5.74, 6) is 0.522. The van der Waals surface area contributed by atoms with Crippen molar-refractivity contribution in [3.63, 3.8) is 0 Å². The number of ether oxygens (including phenoxy) is 1. The Morgan fingerprint density at radius 3 is 2.47 bits per heavy atom. The Bertz CT molecular complexity index is 629. The summed E-state index contributed by atoms with van der Waals surface area (Å²) in [6.45, 7) is 3.85. The summed E-state index contributed by atoms with van der Waals surface area (Å²) < 4.78 is 7.86. The largest absolute Gasteiger partial charge is 0.433 e. The Morgan fingerprint density at radius 1 is 1.37 bits per heavy atom. The minimum atomic E-state index is -0.513. The predicted octanol–water partition coefficient (Wildman–Crippen LogP) is 3.50. The van der Waals surface area contributed by atoms with Gasteiger partial charge in [-0.1, -0.05) is 15.9 Å². The molecule has 2 rings (SSSR count). The molecule has 7 heteroatoms. The Morgan fingerprint density at radius 2 is 1.95 bits per heavy atom. The summed E-state index contributed by atoms with van der Waals surface area (Å²) in [6.07, 6.45) is 1.31. The first-order valence-corrected chi connectivity index (χ1v) is 6.30. The molecular formula is C12H12BrN3O3. The van der Waals surface area contributed by atoms with Crippen LogP contribution in [0.1, 0.15) is 11.1 Å². The van der Waals surface area contributed by atoms with Gasteiger partial charge in [0.25, 0.3) is 0 Å². The van der Waals surface area contributed by atoms with Crippen LogP contribution in [0.4, 0.5) is 5.69 Å². The van der Waals surface area contributed by atoms with Gasteiger partial charge < -0.3 is 4.74 Å². The molecule has 2 aromatic rings. The summed E-state index contributed by atoms with van der Waals surface area (Å²) in [5.41, 5.74) is 1.84. The normalized spacial score (nSPS) is 10.5. The summed E-state index contributed by atoms with van der Waals surface area (Å²) in [7, 11) is 1.61. The molecule has 0 aliphatic rings. The second-order valence-electron chi connectivity index (χ2n) is 4.22. The molecule has 0 spiro atoms. The fourth-order valence-electron chi connectivity index (χ4n) is 1.73. The van der Waals surface area contributed by atoms with Gasteiger partial charge in [-0.25, -0.2) is 0 Å². The minimum Gasteiger partial charge on any atom is -0.433 e. The van der Waals surface area contributed by atoms with E-state index in [0.29, 0.717) is 5.75 Å². The average molecular weight is 326 g/mol. The van der Waals surface area contributed by atoms with E-state index in [-0.39, 0.29) is 11.6 Å². The van der Waals surface area contributed by atoms with E-state index in [2.05, 4.69) is 21.0 Å². The Kier molecular flexibility index (Phi) is 3.57. The number of rotatable bonds is 3. The van der Waals surface area contributed by atoms with Gasteiger partial charge in [0.1, 0.15) is 11.9 Å². The van der Waals surface area contributed by atoms with Crippen molar-refractivity contribution < 1.29 is 9.66 Å². The van der Waals surface area contributed by atoms with E-state index in [0.717, 1.165) is 15.6 Å². The quantitative estimate of drug-likeness (QED) is 0.639. The zero-order valence-electron chi connectivity index (χ0n) is 10.7. The number of hydrogen-bond acceptors (Lipinski definition) is 4. The first kappa shape index (κ1) is 13.5. The van der Waals surface area contributed by atoms with E-state index in [9.17, 15) is 10.1 Å². The molecule has 0 aliphatic carbocycles. The smallest absolute Gasteiger partial charge is 0.350 e. The van der Waals surface area contributed by atoms with Crippen LogP contribution in [0.15, 0.2) is 22.8 Å². The third kappa shape index (κ3) is 2.76. The van der Waals surface area contributed by atoms with Gasteiger partial charge in [0.2, 0.25) is 0 Å². The summed E-state index contributed by atoms with van der Waals surface area (Å²) in [6, 6.07) is 3.60. The van der Waals surface area contributed by atoms with E-state index in [1.807, 2.05) is 13.8 Å². The predicted molar refractivity (Wildman–Crippen MR) is 73.6 cm³/mol. The molecule has 0 saturated heterocycles. The molecule has 0 radical (unpaired) electrons. The molecule has 0 fully saturated rings. The van der Waals surface area contributed by atoms with Crippen molar-refractivity contribution in [3.8, 4) is 11.6 Å². The second kappa shape index (κ2) is 5.00. The standard InChI is InChI=1S/C12H12BrN3O3/c1-7-4-9(5-8(2)11(7)13)19-12-10(16(17)18)6-15(3)14-12/h4-6H,1-3H3. The Balaban J connectivity index is 2.39. The van der Waals surface area contributed by atoms with Crippen LogP contribution in [0.25, 0.3) is 0 Å². The van der Waals surface area contributed by atoms with Crippen molar-refractivity contribution >= 4 is 21.6 Å². The fourth-order valence-corrected chi connectivity index (χ4v) is 1.96. The van der Waals surface area contributed by atoms with Crippen LogP contribution in [0, 0.1) is 24.0 Å². The maximum atomic E-state index is 10.9. The lowest BCUT2D eigenvalue weighted by Gasteiger charge is -2.07. The Labute approximate surface area is 118 Å².